The molecule has 1 fully saturated rings. The first-order chi connectivity index (χ1) is 12.5. The van der Waals surface area contributed by atoms with Crippen LogP contribution in [0.2, 0.25) is 0 Å². The van der Waals surface area contributed by atoms with Crippen molar-refractivity contribution < 1.29 is 9.21 Å². The lowest BCUT2D eigenvalue weighted by molar-refractivity contribution is 0.169. The maximum Gasteiger partial charge on any atom is 0.345 e. The Morgan fingerprint density at radius 3 is 2.92 bits per heavy atom. The van der Waals surface area contributed by atoms with Crippen LogP contribution < -0.4 is 11.0 Å². The summed E-state index contributed by atoms with van der Waals surface area (Å²) >= 11 is 0. The summed E-state index contributed by atoms with van der Waals surface area (Å²) < 4.78 is 8.61. The number of nitrogens with zero attached hydrogens (tertiary/aromatic N) is 4. The van der Waals surface area contributed by atoms with Gasteiger partial charge in [-0.05, 0) is 30.9 Å². The number of amides is 2. The van der Waals surface area contributed by atoms with Gasteiger partial charge in [0.1, 0.15) is 11.6 Å². The minimum Gasteiger partial charge on any atom is -0.467 e. The molecule has 2 aromatic rings. The molecule has 2 aromatic heterocycles. The second-order valence-electron chi connectivity index (χ2n) is 7.62. The van der Waals surface area contributed by atoms with E-state index in [2.05, 4.69) is 24.3 Å². The van der Waals surface area contributed by atoms with Crippen molar-refractivity contribution in [3.63, 3.8) is 0 Å². The van der Waals surface area contributed by atoms with Crippen LogP contribution in [0.15, 0.2) is 27.6 Å². The van der Waals surface area contributed by atoms with E-state index in [1.54, 1.807) is 21.6 Å². The van der Waals surface area contributed by atoms with Gasteiger partial charge in [0.05, 0.1) is 18.8 Å². The predicted octanol–water partition coefficient (Wildman–Crippen LogP) is 1.59. The topological polar surface area (TPSA) is 85.3 Å². The Balaban J connectivity index is 1.51. The van der Waals surface area contributed by atoms with Gasteiger partial charge < -0.3 is 14.6 Å². The molecule has 1 N–H and O–H groups in total. The van der Waals surface area contributed by atoms with E-state index < -0.39 is 0 Å². The van der Waals surface area contributed by atoms with Crippen LogP contribution in [0, 0.1) is 5.92 Å². The van der Waals surface area contributed by atoms with Crippen molar-refractivity contribution in [2.45, 2.75) is 64.8 Å². The molecule has 2 aliphatic heterocycles. The van der Waals surface area contributed by atoms with Crippen LogP contribution >= 0.6 is 0 Å². The van der Waals surface area contributed by atoms with E-state index in [1.807, 2.05) is 11.0 Å². The zero-order chi connectivity index (χ0) is 18.3. The van der Waals surface area contributed by atoms with Crippen LogP contribution in [-0.2, 0) is 26.1 Å². The third-order valence-electron chi connectivity index (χ3n) is 5.20. The zero-order valence-electron chi connectivity index (χ0n) is 15.2. The molecule has 2 aliphatic rings. The molecule has 140 valence electrons. The number of fused-ring (bicyclic) bond motifs is 3. The predicted molar refractivity (Wildman–Crippen MR) is 94.6 cm³/mol. The molecular weight excluding hydrogens is 334 g/mol. The highest BCUT2D eigenvalue weighted by Gasteiger charge is 2.41. The van der Waals surface area contributed by atoms with E-state index >= 15 is 0 Å². The van der Waals surface area contributed by atoms with Crippen LogP contribution in [0.1, 0.15) is 38.3 Å². The Kier molecular flexibility index (Phi) is 4.34. The number of hydrogen-bond donors (Lipinski definition) is 1. The first kappa shape index (κ1) is 16.9. The second-order valence-corrected chi connectivity index (χ2v) is 7.62. The summed E-state index contributed by atoms with van der Waals surface area (Å²) in [6.45, 7) is 5.67. The van der Waals surface area contributed by atoms with Gasteiger partial charge in [-0.15, -0.1) is 0 Å². The molecule has 26 heavy (non-hydrogen) atoms. The number of hydrogen-bond acceptors (Lipinski definition) is 4. The summed E-state index contributed by atoms with van der Waals surface area (Å²) in [5.74, 6) is 1.89. The van der Waals surface area contributed by atoms with Crippen LogP contribution in [0.5, 0.6) is 0 Å². The number of carbonyl (C=O) groups excluding carboxylic acids is 1. The average Bonchev–Trinajstić information content (AvgIpc) is 3.26. The SMILES string of the molecule is CC(C)Cn1nc2n(c1=O)C[C@H]1CC[C@@H](C2)N1C(=O)NCc1ccco1. The van der Waals surface area contributed by atoms with Crippen molar-refractivity contribution in [2.24, 2.45) is 5.92 Å². The monoisotopic (exact) mass is 359 g/mol. The molecule has 0 aliphatic carbocycles. The highest BCUT2D eigenvalue weighted by Crippen LogP contribution is 2.30. The van der Waals surface area contributed by atoms with Gasteiger partial charge in [-0.1, -0.05) is 13.8 Å². The maximum absolute atomic E-state index is 12.7. The van der Waals surface area contributed by atoms with Crippen molar-refractivity contribution in [1.29, 1.82) is 0 Å². The highest BCUT2D eigenvalue weighted by molar-refractivity contribution is 5.75. The van der Waals surface area contributed by atoms with Gasteiger partial charge in [-0.25, -0.2) is 14.3 Å². The molecule has 4 rings (SSSR count). The number of carbonyl (C=O) groups is 1. The van der Waals surface area contributed by atoms with E-state index in [0.29, 0.717) is 32.0 Å². The molecule has 0 radical (unpaired) electrons. The van der Waals surface area contributed by atoms with Crippen molar-refractivity contribution in [2.75, 3.05) is 0 Å². The lowest BCUT2D eigenvalue weighted by Crippen LogP contribution is -2.47. The molecule has 4 heterocycles. The summed E-state index contributed by atoms with van der Waals surface area (Å²) in [6.07, 6.45) is 4.09. The van der Waals surface area contributed by atoms with Crippen LogP contribution in [0.25, 0.3) is 0 Å². The number of urea groups is 1. The molecule has 1 saturated heterocycles. The van der Waals surface area contributed by atoms with Crippen LogP contribution in [0.3, 0.4) is 0 Å². The van der Waals surface area contributed by atoms with Gasteiger partial charge in [0, 0.05) is 25.6 Å². The summed E-state index contributed by atoms with van der Waals surface area (Å²) in [6, 6.07) is 3.67. The van der Waals surface area contributed by atoms with Crippen molar-refractivity contribution in [3.8, 4) is 0 Å². The van der Waals surface area contributed by atoms with Crippen LogP contribution in [-0.4, -0.2) is 37.4 Å². The molecule has 0 unspecified atom stereocenters. The van der Waals surface area contributed by atoms with Gasteiger partial charge in [0.15, 0.2) is 0 Å². The van der Waals surface area contributed by atoms with E-state index in [0.717, 1.165) is 24.4 Å². The number of nitrogens with one attached hydrogen (secondary N) is 1. The summed E-state index contributed by atoms with van der Waals surface area (Å²) in [5.41, 5.74) is -0.0582. The summed E-state index contributed by atoms with van der Waals surface area (Å²) in [7, 11) is 0. The first-order valence-corrected chi connectivity index (χ1v) is 9.28. The van der Waals surface area contributed by atoms with E-state index in [4.69, 9.17) is 4.42 Å². The smallest absolute Gasteiger partial charge is 0.345 e. The Morgan fingerprint density at radius 1 is 1.38 bits per heavy atom. The largest absolute Gasteiger partial charge is 0.467 e. The van der Waals surface area contributed by atoms with Gasteiger partial charge in [-0.2, -0.15) is 5.10 Å². The van der Waals surface area contributed by atoms with E-state index in [9.17, 15) is 9.59 Å². The van der Waals surface area contributed by atoms with Gasteiger partial charge >= 0.3 is 11.7 Å². The zero-order valence-corrected chi connectivity index (χ0v) is 15.2. The quantitative estimate of drug-likeness (QED) is 0.898. The minimum atomic E-state index is -0.0952. The molecule has 0 spiro atoms. The third-order valence-corrected chi connectivity index (χ3v) is 5.20. The molecule has 0 saturated carbocycles. The molecule has 2 atom stereocenters. The number of furan rings is 1. The second kappa shape index (κ2) is 6.66. The molecule has 2 bridgehead atoms. The molecule has 8 heteroatoms. The first-order valence-electron chi connectivity index (χ1n) is 9.28. The summed E-state index contributed by atoms with van der Waals surface area (Å²) in [4.78, 5) is 27.3. The van der Waals surface area contributed by atoms with E-state index in [1.165, 1.54) is 0 Å². The maximum atomic E-state index is 12.7. The molecule has 0 aromatic carbocycles. The minimum absolute atomic E-state index is 0.0345. The van der Waals surface area contributed by atoms with Gasteiger partial charge in [0.2, 0.25) is 0 Å². The Hall–Kier alpha value is -2.51. The van der Waals surface area contributed by atoms with Crippen LogP contribution in [0.4, 0.5) is 4.79 Å². The van der Waals surface area contributed by atoms with Gasteiger partial charge in [-0.3, -0.25) is 4.57 Å². The standard InChI is InChI=1S/C18H25N5O3/c1-12(2)10-22-18(25)21-11-14-6-5-13(8-16(21)20-22)23(14)17(24)19-9-15-4-3-7-26-15/h3-4,7,12-14H,5-6,8-11H2,1-2H3,(H,19,24)/t13-,14+/m0/s1. The molecule has 2 amide bonds. The van der Waals surface area contributed by atoms with Crippen molar-refractivity contribution in [1.82, 2.24) is 24.6 Å². The highest BCUT2D eigenvalue weighted by atomic mass is 16.3. The molecule has 8 nitrogen and oxygen atoms in total. The fraction of sp³-hybridized carbons (Fsp3) is 0.611. The fourth-order valence-electron chi connectivity index (χ4n) is 4.05. The Bertz CT molecular complexity index is 836. The number of rotatable bonds is 4. The van der Waals surface area contributed by atoms with Crippen molar-refractivity contribution in [3.05, 3.63) is 40.5 Å². The Labute approximate surface area is 151 Å². The number of aromatic nitrogens is 3. The lowest BCUT2D eigenvalue weighted by atomic mass is 10.1. The Morgan fingerprint density at radius 2 is 2.19 bits per heavy atom. The third kappa shape index (κ3) is 3.04. The lowest BCUT2D eigenvalue weighted by Gasteiger charge is -2.27. The van der Waals surface area contributed by atoms with E-state index in [-0.39, 0.29) is 23.8 Å². The normalized spacial score (nSPS) is 21.7. The van der Waals surface area contributed by atoms with Crippen molar-refractivity contribution >= 4 is 6.03 Å². The average molecular weight is 359 g/mol. The summed E-state index contributed by atoms with van der Waals surface area (Å²) in [5, 5.41) is 7.48. The fourth-order valence-corrected chi connectivity index (χ4v) is 4.05. The van der Waals surface area contributed by atoms with Gasteiger partial charge in [0.25, 0.3) is 0 Å². The molecular formula is C18H25N5O3.